The van der Waals surface area contributed by atoms with E-state index in [1.165, 1.54) is 23.2 Å². The molecule has 0 radical (unpaired) electrons. The molecule has 1 aromatic carbocycles. The van der Waals surface area contributed by atoms with Crippen LogP contribution in [0.25, 0.3) is 0 Å². The lowest BCUT2D eigenvalue weighted by Crippen LogP contribution is -2.19. The second-order valence-electron chi connectivity index (χ2n) is 4.32. The first-order valence-electron chi connectivity index (χ1n) is 6.20. The molecular formula is C14H24N2. The van der Waals surface area contributed by atoms with Gasteiger partial charge in [0.1, 0.15) is 0 Å². The zero-order valence-electron chi connectivity index (χ0n) is 11.0. The summed E-state index contributed by atoms with van der Waals surface area (Å²) < 4.78 is 0. The molecular weight excluding hydrogens is 196 g/mol. The number of hydrogen-bond donors (Lipinski definition) is 1. The fraction of sp³-hybridized carbons (Fsp3) is 0.571. The lowest BCUT2D eigenvalue weighted by atomic mass is 10.1. The van der Waals surface area contributed by atoms with Crippen molar-refractivity contribution in [3.05, 3.63) is 29.3 Å². The summed E-state index contributed by atoms with van der Waals surface area (Å²) >= 11 is 0. The Morgan fingerprint density at radius 1 is 1.25 bits per heavy atom. The summed E-state index contributed by atoms with van der Waals surface area (Å²) in [6.45, 7) is 9.65. The summed E-state index contributed by atoms with van der Waals surface area (Å²) in [5.41, 5.74) is 4.08. The topological polar surface area (TPSA) is 15.3 Å². The average Bonchev–Trinajstić information content (AvgIpc) is 2.26. The fourth-order valence-corrected chi connectivity index (χ4v) is 1.98. The predicted molar refractivity (Wildman–Crippen MR) is 72.1 cm³/mol. The van der Waals surface area contributed by atoms with Crippen LogP contribution in [0.1, 0.15) is 31.4 Å². The number of rotatable bonds is 6. The molecule has 0 aliphatic heterocycles. The van der Waals surface area contributed by atoms with Gasteiger partial charge in [0.15, 0.2) is 0 Å². The van der Waals surface area contributed by atoms with Crippen LogP contribution in [0, 0.1) is 6.92 Å². The molecule has 0 aliphatic carbocycles. The zero-order valence-corrected chi connectivity index (χ0v) is 11.0. The number of benzene rings is 1. The summed E-state index contributed by atoms with van der Waals surface area (Å²) in [6.07, 6.45) is 1.19. The van der Waals surface area contributed by atoms with Gasteiger partial charge < -0.3 is 10.2 Å². The Balaban J connectivity index is 2.74. The number of nitrogens with one attached hydrogen (secondary N) is 1. The molecule has 0 saturated carbocycles. The van der Waals surface area contributed by atoms with Gasteiger partial charge in [0, 0.05) is 25.8 Å². The van der Waals surface area contributed by atoms with Crippen molar-refractivity contribution in [2.45, 2.75) is 33.7 Å². The van der Waals surface area contributed by atoms with Gasteiger partial charge in [-0.3, -0.25) is 0 Å². The molecule has 1 aromatic rings. The Hall–Kier alpha value is -1.02. The Morgan fingerprint density at radius 2 is 2.00 bits per heavy atom. The van der Waals surface area contributed by atoms with E-state index in [4.69, 9.17) is 0 Å². The van der Waals surface area contributed by atoms with Crippen LogP contribution in [0.2, 0.25) is 0 Å². The molecule has 0 saturated heterocycles. The van der Waals surface area contributed by atoms with Crippen LogP contribution in [0.4, 0.5) is 5.69 Å². The van der Waals surface area contributed by atoms with Crippen LogP contribution in [-0.2, 0) is 6.54 Å². The normalized spacial score (nSPS) is 10.5. The third-order valence-corrected chi connectivity index (χ3v) is 2.81. The number of anilines is 1. The lowest BCUT2D eigenvalue weighted by molar-refractivity contribution is 0.726. The molecule has 0 unspecified atom stereocenters. The second kappa shape index (κ2) is 6.54. The van der Waals surface area contributed by atoms with Crippen molar-refractivity contribution in [2.75, 3.05) is 25.0 Å². The van der Waals surface area contributed by atoms with Crippen molar-refractivity contribution in [3.63, 3.8) is 0 Å². The van der Waals surface area contributed by atoms with Gasteiger partial charge in [-0.25, -0.2) is 0 Å². The van der Waals surface area contributed by atoms with Crippen LogP contribution >= 0.6 is 0 Å². The van der Waals surface area contributed by atoms with E-state index in [1.807, 2.05) is 0 Å². The van der Waals surface area contributed by atoms with Gasteiger partial charge in [-0.2, -0.15) is 0 Å². The van der Waals surface area contributed by atoms with Gasteiger partial charge in [0.25, 0.3) is 0 Å². The Morgan fingerprint density at radius 3 is 2.56 bits per heavy atom. The van der Waals surface area contributed by atoms with E-state index in [1.54, 1.807) is 0 Å². The zero-order chi connectivity index (χ0) is 12.0. The van der Waals surface area contributed by atoms with Crippen LogP contribution in [-0.4, -0.2) is 20.1 Å². The summed E-state index contributed by atoms with van der Waals surface area (Å²) in [7, 11) is 2.16. The highest BCUT2D eigenvalue weighted by molar-refractivity contribution is 5.53. The largest absolute Gasteiger partial charge is 0.374 e. The SMILES string of the molecule is CCCN(C)c1ccc(CNCC)cc1C. The van der Waals surface area contributed by atoms with Crippen molar-refractivity contribution in [3.8, 4) is 0 Å². The monoisotopic (exact) mass is 220 g/mol. The first kappa shape index (κ1) is 13.0. The molecule has 0 heterocycles. The molecule has 1 rings (SSSR count). The number of nitrogens with zero attached hydrogens (tertiary/aromatic N) is 1. The molecule has 0 aromatic heterocycles. The van der Waals surface area contributed by atoms with Gasteiger partial charge in [0.2, 0.25) is 0 Å². The van der Waals surface area contributed by atoms with E-state index >= 15 is 0 Å². The summed E-state index contributed by atoms with van der Waals surface area (Å²) in [4.78, 5) is 2.33. The van der Waals surface area contributed by atoms with E-state index in [9.17, 15) is 0 Å². The van der Waals surface area contributed by atoms with E-state index in [0.29, 0.717) is 0 Å². The van der Waals surface area contributed by atoms with E-state index in [2.05, 4.69) is 56.2 Å². The first-order valence-corrected chi connectivity index (χ1v) is 6.20. The lowest BCUT2D eigenvalue weighted by Gasteiger charge is -2.21. The molecule has 0 amide bonds. The molecule has 0 fully saturated rings. The molecule has 1 N–H and O–H groups in total. The maximum absolute atomic E-state index is 3.35. The molecule has 2 nitrogen and oxygen atoms in total. The van der Waals surface area contributed by atoms with Crippen molar-refractivity contribution < 1.29 is 0 Å². The standard InChI is InChI=1S/C14H24N2/c1-5-9-16(4)14-8-7-13(10-12(14)3)11-15-6-2/h7-8,10,15H,5-6,9,11H2,1-4H3. The van der Waals surface area contributed by atoms with Crippen molar-refractivity contribution in [1.29, 1.82) is 0 Å². The molecule has 16 heavy (non-hydrogen) atoms. The minimum atomic E-state index is 0.967. The fourth-order valence-electron chi connectivity index (χ4n) is 1.98. The minimum Gasteiger partial charge on any atom is -0.374 e. The molecule has 90 valence electrons. The summed E-state index contributed by atoms with van der Waals surface area (Å²) in [5, 5.41) is 3.35. The molecule has 0 bridgehead atoms. The summed E-state index contributed by atoms with van der Waals surface area (Å²) in [6, 6.07) is 6.74. The molecule has 0 spiro atoms. The van der Waals surface area contributed by atoms with Crippen molar-refractivity contribution in [1.82, 2.24) is 5.32 Å². The van der Waals surface area contributed by atoms with E-state index in [-0.39, 0.29) is 0 Å². The maximum atomic E-state index is 3.35. The van der Waals surface area contributed by atoms with Gasteiger partial charge in [-0.15, -0.1) is 0 Å². The number of aryl methyl sites for hydroxylation is 1. The summed E-state index contributed by atoms with van der Waals surface area (Å²) in [5.74, 6) is 0. The Bertz CT molecular complexity index is 321. The highest BCUT2D eigenvalue weighted by atomic mass is 15.1. The van der Waals surface area contributed by atoms with E-state index in [0.717, 1.165) is 19.6 Å². The van der Waals surface area contributed by atoms with Gasteiger partial charge in [-0.05, 0) is 37.1 Å². The highest BCUT2D eigenvalue weighted by Gasteiger charge is 2.04. The smallest absolute Gasteiger partial charge is 0.0393 e. The predicted octanol–water partition coefficient (Wildman–Crippen LogP) is 2.95. The minimum absolute atomic E-state index is 0.967. The molecule has 2 heteroatoms. The van der Waals surface area contributed by atoms with Gasteiger partial charge in [-0.1, -0.05) is 26.0 Å². The highest BCUT2D eigenvalue weighted by Crippen LogP contribution is 2.20. The van der Waals surface area contributed by atoms with Gasteiger partial charge >= 0.3 is 0 Å². The second-order valence-corrected chi connectivity index (χ2v) is 4.32. The average molecular weight is 220 g/mol. The third-order valence-electron chi connectivity index (χ3n) is 2.81. The van der Waals surface area contributed by atoms with Crippen molar-refractivity contribution in [2.24, 2.45) is 0 Å². The molecule has 0 aliphatic rings. The van der Waals surface area contributed by atoms with Gasteiger partial charge in [0.05, 0.1) is 0 Å². The Kier molecular flexibility index (Phi) is 5.33. The quantitative estimate of drug-likeness (QED) is 0.793. The molecule has 0 atom stereocenters. The third kappa shape index (κ3) is 3.53. The maximum Gasteiger partial charge on any atom is 0.0393 e. The van der Waals surface area contributed by atoms with E-state index < -0.39 is 0 Å². The van der Waals surface area contributed by atoms with Crippen LogP contribution in [0.5, 0.6) is 0 Å². The Labute approximate surface area is 99.7 Å². The first-order chi connectivity index (χ1) is 7.69. The van der Waals surface area contributed by atoms with Crippen LogP contribution < -0.4 is 10.2 Å². The van der Waals surface area contributed by atoms with Crippen molar-refractivity contribution >= 4 is 5.69 Å². The van der Waals surface area contributed by atoms with Crippen LogP contribution in [0.3, 0.4) is 0 Å². The number of hydrogen-bond acceptors (Lipinski definition) is 2. The van der Waals surface area contributed by atoms with Crippen LogP contribution in [0.15, 0.2) is 18.2 Å².